The van der Waals surface area contributed by atoms with E-state index in [1.165, 1.54) is 6.33 Å². The Labute approximate surface area is 136 Å². The topological polar surface area (TPSA) is 63.1 Å². The third kappa shape index (κ3) is 4.09. The lowest BCUT2D eigenvalue weighted by Gasteiger charge is -2.30. The number of amides is 2. The Balaban J connectivity index is 1.58. The molecule has 0 saturated carbocycles. The maximum Gasteiger partial charge on any atom is 0.317 e. The Morgan fingerprint density at radius 2 is 2.00 bits per heavy atom. The van der Waals surface area contributed by atoms with Crippen LogP contribution in [0.2, 0.25) is 0 Å². The molecule has 1 aromatic carbocycles. The van der Waals surface area contributed by atoms with Crippen LogP contribution in [0.15, 0.2) is 36.9 Å². The van der Waals surface area contributed by atoms with Gasteiger partial charge in [-0.05, 0) is 29.9 Å². The predicted molar refractivity (Wildman–Crippen MR) is 87.8 cm³/mol. The molecule has 6 nitrogen and oxygen atoms in total. The van der Waals surface area contributed by atoms with Crippen LogP contribution in [-0.4, -0.2) is 38.8 Å². The SMILES string of the molecule is CC1CCN(C(=O)NCc2ccccc2Cn2cncn2)CC1. The quantitative estimate of drug-likeness (QED) is 0.942. The van der Waals surface area contributed by atoms with Crippen molar-refractivity contribution in [2.24, 2.45) is 5.92 Å². The van der Waals surface area contributed by atoms with Crippen molar-refractivity contribution in [1.29, 1.82) is 0 Å². The van der Waals surface area contributed by atoms with Gasteiger partial charge in [0.2, 0.25) is 0 Å². The molecule has 23 heavy (non-hydrogen) atoms. The van der Waals surface area contributed by atoms with Gasteiger partial charge in [-0.1, -0.05) is 31.2 Å². The van der Waals surface area contributed by atoms with E-state index >= 15 is 0 Å². The van der Waals surface area contributed by atoms with Crippen molar-refractivity contribution >= 4 is 6.03 Å². The number of carbonyl (C=O) groups is 1. The first kappa shape index (κ1) is 15.5. The van der Waals surface area contributed by atoms with Crippen molar-refractivity contribution in [3.8, 4) is 0 Å². The molecule has 1 fully saturated rings. The molecule has 0 spiro atoms. The summed E-state index contributed by atoms with van der Waals surface area (Å²) < 4.78 is 1.78. The number of nitrogens with one attached hydrogen (secondary N) is 1. The van der Waals surface area contributed by atoms with Crippen LogP contribution >= 0.6 is 0 Å². The zero-order chi connectivity index (χ0) is 16.1. The Bertz CT molecular complexity index is 632. The van der Waals surface area contributed by atoms with Crippen molar-refractivity contribution in [2.45, 2.75) is 32.9 Å². The van der Waals surface area contributed by atoms with E-state index in [9.17, 15) is 4.79 Å². The summed E-state index contributed by atoms with van der Waals surface area (Å²) >= 11 is 0. The largest absolute Gasteiger partial charge is 0.334 e. The molecule has 2 amide bonds. The minimum absolute atomic E-state index is 0.0347. The van der Waals surface area contributed by atoms with Gasteiger partial charge >= 0.3 is 6.03 Å². The average Bonchev–Trinajstić information content (AvgIpc) is 3.07. The molecule has 1 aromatic heterocycles. The highest BCUT2D eigenvalue weighted by atomic mass is 16.2. The van der Waals surface area contributed by atoms with Gasteiger partial charge in [0.25, 0.3) is 0 Å². The summed E-state index contributed by atoms with van der Waals surface area (Å²) in [6.45, 7) is 5.15. The number of piperidine rings is 1. The van der Waals surface area contributed by atoms with Crippen molar-refractivity contribution in [2.75, 3.05) is 13.1 Å². The number of likely N-dealkylation sites (tertiary alicyclic amines) is 1. The number of nitrogens with zero attached hydrogens (tertiary/aromatic N) is 4. The highest BCUT2D eigenvalue weighted by Gasteiger charge is 2.20. The molecule has 122 valence electrons. The molecule has 2 aromatic rings. The molecule has 3 rings (SSSR count). The molecule has 1 aliphatic heterocycles. The molecule has 1 N–H and O–H groups in total. The van der Waals surface area contributed by atoms with Crippen LogP contribution in [0.25, 0.3) is 0 Å². The average molecular weight is 313 g/mol. The summed E-state index contributed by atoms with van der Waals surface area (Å²) in [5.74, 6) is 0.724. The second-order valence-corrected chi connectivity index (χ2v) is 6.19. The van der Waals surface area contributed by atoms with Crippen LogP contribution < -0.4 is 5.32 Å². The van der Waals surface area contributed by atoms with Crippen LogP contribution in [0.3, 0.4) is 0 Å². The normalized spacial score (nSPS) is 15.6. The highest BCUT2D eigenvalue weighted by molar-refractivity contribution is 5.74. The van der Waals surface area contributed by atoms with Crippen LogP contribution in [0.4, 0.5) is 4.79 Å². The monoisotopic (exact) mass is 313 g/mol. The van der Waals surface area contributed by atoms with E-state index in [4.69, 9.17) is 0 Å². The zero-order valence-electron chi connectivity index (χ0n) is 13.5. The zero-order valence-corrected chi connectivity index (χ0v) is 13.5. The molecule has 6 heteroatoms. The summed E-state index contributed by atoms with van der Waals surface area (Å²) in [5.41, 5.74) is 2.26. The van der Waals surface area contributed by atoms with Crippen LogP contribution in [0.1, 0.15) is 30.9 Å². The molecule has 2 heterocycles. The Morgan fingerprint density at radius 1 is 1.26 bits per heavy atom. The third-order valence-electron chi connectivity index (χ3n) is 4.42. The van der Waals surface area contributed by atoms with E-state index < -0.39 is 0 Å². The van der Waals surface area contributed by atoms with Gasteiger partial charge in [0.05, 0.1) is 6.54 Å². The Hall–Kier alpha value is -2.37. The van der Waals surface area contributed by atoms with Gasteiger partial charge in [-0.15, -0.1) is 0 Å². The second kappa shape index (κ2) is 7.26. The van der Waals surface area contributed by atoms with Gasteiger partial charge in [-0.3, -0.25) is 0 Å². The molecule has 0 atom stereocenters. The maximum atomic E-state index is 12.3. The number of aromatic nitrogens is 3. The molecule has 1 saturated heterocycles. The minimum atomic E-state index is 0.0347. The van der Waals surface area contributed by atoms with Crippen LogP contribution in [-0.2, 0) is 13.1 Å². The number of hydrogen-bond acceptors (Lipinski definition) is 3. The number of benzene rings is 1. The lowest BCUT2D eigenvalue weighted by atomic mass is 10.00. The first-order chi connectivity index (χ1) is 11.2. The number of hydrogen-bond donors (Lipinski definition) is 1. The Kier molecular flexibility index (Phi) is 4.90. The smallest absolute Gasteiger partial charge is 0.317 e. The van der Waals surface area contributed by atoms with Gasteiger partial charge in [-0.2, -0.15) is 5.10 Å². The summed E-state index contributed by atoms with van der Waals surface area (Å²) in [6.07, 6.45) is 5.42. The van der Waals surface area contributed by atoms with E-state index in [0.717, 1.165) is 43.0 Å². The fraction of sp³-hybridized carbons (Fsp3) is 0.471. The van der Waals surface area contributed by atoms with Gasteiger partial charge in [0, 0.05) is 19.6 Å². The van der Waals surface area contributed by atoms with E-state index in [1.807, 2.05) is 23.1 Å². The summed E-state index contributed by atoms with van der Waals surface area (Å²) in [4.78, 5) is 18.2. The minimum Gasteiger partial charge on any atom is -0.334 e. The van der Waals surface area contributed by atoms with Crippen molar-refractivity contribution < 1.29 is 4.79 Å². The maximum absolute atomic E-state index is 12.3. The van der Waals surface area contributed by atoms with Crippen molar-refractivity contribution in [3.05, 3.63) is 48.0 Å². The third-order valence-corrected chi connectivity index (χ3v) is 4.42. The molecule has 0 radical (unpaired) electrons. The summed E-state index contributed by atoms with van der Waals surface area (Å²) in [6, 6.07) is 8.14. The van der Waals surface area contributed by atoms with E-state index in [-0.39, 0.29) is 6.03 Å². The van der Waals surface area contributed by atoms with E-state index in [2.05, 4.69) is 28.4 Å². The molecular weight excluding hydrogens is 290 g/mol. The predicted octanol–water partition coefficient (Wildman–Crippen LogP) is 2.27. The number of carbonyl (C=O) groups excluding carboxylic acids is 1. The van der Waals surface area contributed by atoms with Gasteiger partial charge in [-0.25, -0.2) is 14.5 Å². The van der Waals surface area contributed by atoms with Crippen molar-refractivity contribution in [3.63, 3.8) is 0 Å². The fourth-order valence-electron chi connectivity index (χ4n) is 2.87. The second-order valence-electron chi connectivity index (χ2n) is 6.19. The molecular formula is C17H23N5O. The first-order valence-corrected chi connectivity index (χ1v) is 8.14. The van der Waals surface area contributed by atoms with Crippen LogP contribution in [0, 0.1) is 5.92 Å². The van der Waals surface area contributed by atoms with Gasteiger partial charge < -0.3 is 10.2 Å². The lowest BCUT2D eigenvalue weighted by Crippen LogP contribution is -2.43. The fourth-order valence-corrected chi connectivity index (χ4v) is 2.87. The Morgan fingerprint density at radius 3 is 2.70 bits per heavy atom. The standard InChI is InChI=1S/C17H23N5O/c1-14-6-8-21(9-7-14)17(23)19-10-15-4-2-3-5-16(15)11-22-13-18-12-20-22/h2-5,12-14H,6-11H2,1H3,(H,19,23). The number of urea groups is 1. The summed E-state index contributed by atoms with van der Waals surface area (Å²) in [7, 11) is 0. The molecule has 0 bridgehead atoms. The van der Waals surface area contributed by atoms with Crippen molar-refractivity contribution in [1.82, 2.24) is 25.0 Å². The molecule has 0 aliphatic carbocycles. The first-order valence-electron chi connectivity index (χ1n) is 8.14. The number of rotatable bonds is 4. The van der Waals surface area contributed by atoms with E-state index in [0.29, 0.717) is 13.1 Å². The van der Waals surface area contributed by atoms with Gasteiger partial charge in [0.1, 0.15) is 12.7 Å². The van der Waals surface area contributed by atoms with E-state index in [1.54, 1.807) is 11.0 Å². The van der Waals surface area contributed by atoms with Crippen LogP contribution in [0.5, 0.6) is 0 Å². The van der Waals surface area contributed by atoms with Gasteiger partial charge in [0.15, 0.2) is 0 Å². The molecule has 1 aliphatic rings. The summed E-state index contributed by atoms with van der Waals surface area (Å²) in [5, 5.41) is 7.18. The molecule has 0 unspecified atom stereocenters. The highest BCUT2D eigenvalue weighted by Crippen LogP contribution is 2.16. The lowest BCUT2D eigenvalue weighted by molar-refractivity contribution is 0.173.